The van der Waals surface area contributed by atoms with Gasteiger partial charge in [-0.05, 0) is 61.1 Å². The highest BCUT2D eigenvalue weighted by Gasteiger charge is 2.40. The maximum absolute atomic E-state index is 14.1. The normalized spacial score (nSPS) is 21.0. The molecule has 0 N–H and O–H groups in total. The molecule has 2 saturated heterocycles. The highest BCUT2D eigenvalue weighted by molar-refractivity contribution is 6.42. The summed E-state index contributed by atoms with van der Waals surface area (Å²) in [6, 6.07) is 8.84. The number of hydrogen-bond acceptors (Lipinski definition) is 5. The van der Waals surface area contributed by atoms with Crippen molar-refractivity contribution in [2.24, 2.45) is 5.92 Å². The summed E-state index contributed by atoms with van der Waals surface area (Å²) in [5, 5.41) is 0.848. The smallest absolute Gasteiger partial charge is 0.257 e. The molecule has 0 bridgehead atoms. The van der Waals surface area contributed by atoms with E-state index in [0.29, 0.717) is 85.3 Å². The van der Waals surface area contributed by atoms with Crippen LogP contribution in [0.1, 0.15) is 60.0 Å². The van der Waals surface area contributed by atoms with Gasteiger partial charge in [0.1, 0.15) is 5.75 Å². The van der Waals surface area contributed by atoms with Crippen LogP contribution >= 0.6 is 23.2 Å². The van der Waals surface area contributed by atoms with Gasteiger partial charge in [0.05, 0.1) is 22.7 Å². The Kier molecular flexibility index (Phi) is 9.23. The second-order valence-corrected chi connectivity index (χ2v) is 12.6. The van der Waals surface area contributed by atoms with Crippen LogP contribution in [0.2, 0.25) is 10.0 Å². The van der Waals surface area contributed by atoms with Gasteiger partial charge in [0.2, 0.25) is 17.7 Å². The Morgan fingerprint density at radius 1 is 0.953 bits per heavy atom. The monoisotopic (exact) mass is 628 g/mol. The minimum atomic E-state index is -0.242. The molecule has 11 heteroatoms. The van der Waals surface area contributed by atoms with Gasteiger partial charge in [0.25, 0.3) is 5.91 Å². The predicted molar refractivity (Wildman–Crippen MR) is 166 cm³/mol. The van der Waals surface area contributed by atoms with Crippen molar-refractivity contribution in [3.05, 3.63) is 57.1 Å². The van der Waals surface area contributed by atoms with E-state index in [-0.39, 0.29) is 41.5 Å². The van der Waals surface area contributed by atoms with Crippen LogP contribution in [0, 0.1) is 5.92 Å². The molecule has 3 heterocycles. The lowest BCUT2D eigenvalue weighted by Gasteiger charge is -2.44. The third kappa shape index (κ3) is 6.20. The molecular weight excluding hydrogens is 591 g/mol. The standard InChI is InChI=1S/C32H38Cl2N4O5/c1-19(39)37-12-9-20(10-13-37)31(41)38-14-11-27(24(18-38)21-5-7-25(33)26(34)15-21)36(3)32(42)23-17-28-22(16-29(23)43-4)6-8-30(40)35(28)2/h5,7,15-17,20,24,27H,6,8-14,18H2,1-4H3/t24-,27+/m0/s1. The lowest BCUT2D eigenvalue weighted by molar-refractivity contribution is -0.141. The molecule has 0 spiro atoms. The molecule has 3 aliphatic heterocycles. The third-order valence-electron chi connectivity index (χ3n) is 9.34. The number of anilines is 1. The van der Waals surface area contributed by atoms with Gasteiger partial charge in [-0.25, -0.2) is 0 Å². The van der Waals surface area contributed by atoms with Crippen molar-refractivity contribution in [2.75, 3.05) is 52.3 Å². The number of aryl methyl sites for hydroxylation is 1. The summed E-state index contributed by atoms with van der Waals surface area (Å²) in [6.07, 6.45) is 2.86. The number of carbonyl (C=O) groups excluding carboxylic acids is 4. The Hall–Kier alpha value is -3.30. The maximum Gasteiger partial charge on any atom is 0.257 e. The molecule has 2 atom stereocenters. The van der Waals surface area contributed by atoms with E-state index in [1.165, 1.54) is 0 Å². The van der Waals surface area contributed by atoms with Gasteiger partial charge < -0.3 is 24.3 Å². The largest absolute Gasteiger partial charge is 0.496 e. The van der Waals surface area contributed by atoms with Gasteiger partial charge in [0, 0.05) is 77.2 Å². The molecular formula is C32H38Cl2N4O5. The van der Waals surface area contributed by atoms with E-state index in [1.54, 1.807) is 55.0 Å². The number of carbonyl (C=O) groups is 4. The maximum atomic E-state index is 14.1. The summed E-state index contributed by atoms with van der Waals surface area (Å²) >= 11 is 12.7. The number of rotatable bonds is 5. The molecule has 3 aliphatic rings. The van der Waals surface area contributed by atoms with Gasteiger partial charge >= 0.3 is 0 Å². The molecule has 0 aromatic heterocycles. The molecule has 2 aromatic rings. The summed E-state index contributed by atoms with van der Waals surface area (Å²) < 4.78 is 5.65. The molecule has 0 saturated carbocycles. The average Bonchev–Trinajstić information content (AvgIpc) is 3.02. The number of piperidine rings is 2. The first-order chi connectivity index (χ1) is 20.5. The van der Waals surface area contributed by atoms with Crippen molar-refractivity contribution in [1.82, 2.24) is 14.7 Å². The lowest BCUT2D eigenvalue weighted by Crippen LogP contribution is -2.53. The molecule has 0 radical (unpaired) electrons. The van der Waals surface area contributed by atoms with Crippen LogP contribution in [0.4, 0.5) is 5.69 Å². The third-order valence-corrected chi connectivity index (χ3v) is 10.1. The minimum absolute atomic E-state index is 0.00751. The number of nitrogens with zero attached hydrogens (tertiary/aromatic N) is 4. The minimum Gasteiger partial charge on any atom is -0.496 e. The van der Waals surface area contributed by atoms with Crippen molar-refractivity contribution >= 4 is 52.5 Å². The van der Waals surface area contributed by atoms with Crippen molar-refractivity contribution in [3.8, 4) is 5.75 Å². The highest BCUT2D eigenvalue weighted by atomic mass is 35.5. The van der Waals surface area contributed by atoms with Crippen molar-refractivity contribution in [2.45, 2.75) is 51.0 Å². The molecule has 9 nitrogen and oxygen atoms in total. The Labute approximate surface area is 262 Å². The Morgan fingerprint density at radius 3 is 2.30 bits per heavy atom. The Bertz CT molecular complexity index is 1440. The zero-order valence-electron chi connectivity index (χ0n) is 25.1. The van der Waals surface area contributed by atoms with Crippen LogP contribution < -0.4 is 9.64 Å². The fourth-order valence-corrected chi connectivity index (χ4v) is 7.02. The lowest BCUT2D eigenvalue weighted by atomic mass is 9.83. The molecule has 2 fully saturated rings. The van der Waals surface area contributed by atoms with Crippen LogP contribution in [0.25, 0.3) is 0 Å². The second kappa shape index (κ2) is 12.7. The van der Waals surface area contributed by atoms with E-state index in [0.717, 1.165) is 11.1 Å². The van der Waals surface area contributed by atoms with Crippen molar-refractivity contribution in [3.63, 3.8) is 0 Å². The summed E-state index contributed by atoms with van der Waals surface area (Å²) in [4.78, 5) is 59.0. The van der Waals surface area contributed by atoms with Gasteiger partial charge in [-0.3, -0.25) is 19.2 Å². The molecule has 230 valence electrons. The van der Waals surface area contributed by atoms with E-state index < -0.39 is 0 Å². The number of halogens is 2. The number of fused-ring (bicyclic) bond motifs is 1. The van der Waals surface area contributed by atoms with E-state index in [1.807, 2.05) is 23.1 Å². The summed E-state index contributed by atoms with van der Waals surface area (Å²) in [7, 11) is 5.04. The van der Waals surface area contributed by atoms with Gasteiger partial charge in [-0.2, -0.15) is 0 Å². The average molecular weight is 630 g/mol. The number of hydrogen-bond donors (Lipinski definition) is 0. The first-order valence-electron chi connectivity index (χ1n) is 14.7. The van der Waals surface area contributed by atoms with E-state index in [4.69, 9.17) is 27.9 Å². The second-order valence-electron chi connectivity index (χ2n) is 11.8. The van der Waals surface area contributed by atoms with Gasteiger partial charge in [0.15, 0.2) is 0 Å². The van der Waals surface area contributed by atoms with Gasteiger partial charge in [-0.15, -0.1) is 0 Å². The quantitative estimate of drug-likeness (QED) is 0.482. The Morgan fingerprint density at radius 2 is 1.65 bits per heavy atom. The molecule has 0 aliphatic carbocycles. The topological polar surface area (TPSA) is 90.5 Å². The molecule has 0 unspecified atom stereocenters. The summed E-state index contributed by atoms with van der Waals surface area (Å²) in [5.74, 6) is 0.0178. The highest BCUT2D eigenvalue weighted by Crippen LogP contribution is 2.38. The number of likely N-dealkylation sites (N-methyl/N-ethyl adjacent to an activating group) is 1. The zero-order chi connectivity index (χ0) is 31.0. The van der Waals surface area contributed by atoms with Crippen LogP contribution in [-0.2, 0) is 20.8 Å². The van der Waals surface area contributed by atoms with E-state index in [2.05, 4.69) is 0 Å². The van der Waals surface area contributed by atoms with Gasteiger partial charge in [-0.1, -0.05) is 29.3 Å². The first-order valence-corrected chi connectivity index (χ1v) is 15.5. The number of amides is 4. The fourth-order valence-electron chi connectivity index (χ4n) is 6.72. The fraction of sp³-hybridized carbons (Fsp3) is 0.500. The number of likely N-dealkylation sites (tertiary alicyclic amines) is 2. The predicted octanol–water partition coefficient (Wildman–Crippen LogP) is 4.63. The number of ether oxygens (including phenoxy) is 1. The van der Waals surface area contributed by atoms with Crippen LogP contribution in [-0.4, -0.2) is 91.8 Å². The first kappa shape index (κ1) is 31.1. The molecule has 4 amide bonds. The van der Waals surface area contributed by atoms with Crippen molar-refractivity contribution < 1.29 is 23.9 Å². The zero-order valence-corrected chi connectivity index (χ0v) is 26.6. The van der Waals surface area contributed by atoms with E-state index >= 15 is 0 Å². The number of benzene rings is 2. The summed E-state index contributed by atoms with van der Waals surface area (Å²) in [6.45, 7) is 3.65. The van der Waals surface area contributed by atoms with E-state index in [9.17, 15) is 19.2 Å². The van der Waals surface area contributed by atoms with Crippen LogP contribution in [0.15, 0.2) is 30.3 Å². The van der Waals surface area contributed by atoms with Crippen molar-refractivity contribution in [1.29, 1.82) is 0 Å². The molecule has 43 heavy (non-hydrogen) atoms. The number of methoxy groups -OCH3 is 1. The Balaban J connectivity index is 1.42. The molecule has 5 rings (SSSR count). The van der Waals surface area contributed by atoms with Crippen LogP contribution in [0.5, 0.6) is 5.75 Å². The SMILES string of the molecule is COc1cc2c(cc1C(=O)N(C)[C@@H]1CCN(C(=O)C3CCN(C(C)=O)CC3)C[C@H]1c1ccc(Cl)c(Cl)c1)N(C)C(=O)CC2. The molecule has 2 aromatic carbocycles. The summed E-state index contributed by atoms with van der Waals surface area (Å²) in [5.41, 5.74) is 2.96. The van der Waals surface area contributed by atoms with Crippen LogP contribution in [0.3, 0.4) is 0 Å².